The Morgan fingerprint density at radius 1 is 1.24 bits per heavy atom. The maximum atomic E-state index is 14.7. The first kappa shape index (κ1) is 19.3. The third kappa shape index (κ3) is 3.22. The van der Waals surface area contributed by atoms with E-state index in [4.69, 9.17) is 12.3 Å². The van der Waals surface area contributed by atoms with Gasteiger partial charge < -0.3 is 10.6 Å². The van der Waals surface area contributed by atoms with E-state index >= 15 is 0 Å². The van der Waals surface area contributed by atoms with Crippen molar-refractivity contribution in [2.24, 2.45) is 16.6 Å². The second-order valence-corrected chi connectivity index (χ2v) is 8.32. The molecule has 5 nitrogen and oxygen atoms in total. The number of hydrogen-bond acceptors (Lipinski definition) is 5. The van der Waals surface area contributed by atoms with Gasteiger partial charge in [-0.15, -0.1) is 4.98 Å². The Kier molecular flexibility index (Phi) is 4.71. The highest BCUT2D eigenvalue weighted by Crippen LogP contribution is 2.66. The van der Waals surface area contributed by atoms with Crippen LogP contribution in [0.15, 0.2) is 35.6 Å². The van der Waals surface area contributed by atoms with E-state index in [9.17, 15) is 13.2 Å². The molecule has 0 saturated heterocycles. The molecule has 2 aliphatic rings. The molecule has 1 saturated carbocycles. The van der Waals surface area contributed by atoms with Crippen molar-refractivity contribution in [2.45, 2.75) is 16.7 Å². The molecule has 2 heterocycles. The van der Waals surface area contributed by atoms with E-state index < -0.39 is 35.4 Å². The summed E-state index contributed by atoms with van der Waals surface area (Å²) >= 11 is 1.10. The molecule has 0 radical (unpaired) electrons. The average Bonchev–Trinajstić information content (AvgIpc) is 3.48. The van der Waals surface area contributed by atoms with Crippen LogP contribution in [-0.2, 0) is 5.54 Å². The van der Waals surface area contributed by atoms with Crippen LogP contribution in [-0.4, -0.2) is 33.2 Å². The summed E-state index contributed by atoms with van der Waals surface area (Å²) in [7, 11) is 0. The fourth-order valence-electron chi connectivity index (χ4n) is 3.64. The summed E-state index contributed by atoms with van der Waals surface area (Å²) in [4.78, 5) is 15.3. The summed E-state index contributed by atoms with van der Waals surface area (Å²) in [5.74, 6) is 4.63. The minimum atomic E-state index is -1.56. The predicted molar refractivity (Wildman–Crippen MR) is 104 cm³/mol. The Balaban J connectivity index is 1.73. The van der Waals surface area contributed by atoms with Crippen LogP contribution >= 0.6 is 11.8 Å². The smallest absolute Gasteiger partial charge is 0.288 e. The lowest BCUT2D eigenvalue weighted by Crippen LogP contribution is -2.40. The molecule has 29 heavy (non-hydrogen) atoms. The van der Waals surface area contributed by atoms with Crippen LogP contribution in [0.1, 0.15) is 23.2 Å². The molecule has 9 heteroatoms. The van der Waals surface area contributed by atoms with Gasteiger partial charge in [-0.3, -0.25) is 4.98 Å². The van der Waals surface area contributed by atoms with E-state index in [1.165, 1.54) is 30.6 Å². The quantitative estimate of drug-likeness (QED) is 0.618. The summed E-state index contributed by atoms with van der Waals surface area (Å²) in [5.41, 5.74) is 5.06. The lowest BCUT2D eigenvalue weighted by atomic mass is 9.84. The van der Waals surface area contributed by atoms with Crippen molar-refractivity contribution < 1.29 is 13.2 Å². The zero-order chi connectivity index (χ0) is 20.6. The molecule has 0 spiro atoms. The number of benzene rings is 1. The topological polar surface area (TPSA) is 68.5 Å². The molecule has 4 rings (SSSR count). The molecule has 0 unspecified atom stereocenters. The van der Waals surface area contributed by atoms with Gasteiger partial charge in [0, 0.05) is 17.0 Å². The van der Waals surface area contributed by atoms with E-state index in [1.54, 1.807) is 0 Å². The van der Waals surface area contributed by atoms with E-state index in [-0.39, 0.29) is 16.5 Å². The van der Waals surface area contributed by atoms with E-state index in [0.717, 1.165) is 11.8 Å². The Bertz CT molecular complexity index is 1100. The van der Waals surface area contributed by atoms with Crippen molar-refractivity contribution in [3.8, 4) is 11.8 Å². The lowest BCUT2D eigenvalue weighted by Gasteiger charge is -2.34. The number of nitrogens with zero attached hydrogens (tertiary/aromatic N) is 4. The second-order valence-electron chi connectivity index (χ2n) is 6.88. The van der Waals surface area contributed by atoms with Gasteiger partial charge in [0.2, 0.25) is 0 Å². The first-order valence-corrected chi connectivity index (χ1v) is 9.46. The molecular formula is C20H14F3N5S. The molecule has 0 bridgehead atoms. The number of aliphatic imine (C=N–C) groups is 1. The summed E-state index contributed by atoms with van der Waals surface area (Å²) in [5, 5.41) is 0.0557. The third-order valence-corrected chi connectivity index (χ3v) is 6.44. The maximum absolute atomic E-state index is 14.7. The fraction of sp³-hybridized carbons (Fsp3) is 0.300. The van der Waals surface area contributed by atoms with E-state index in [2.05, 4.69) is 31.6 Å². The van der Waals surface area contributed by atoms with Crippen LogP contribution in [0.4, 0.5) is 19.0 Å². The van der Waals surface area contributed by atoms with Gasteiger partial charge >= 0.3 is 0 Å². The van der Waals surface area contributed by atoms with Crippen molar-refractivity contribution in [1.29, 1.82) is 0 Å². The number of rotatable bonds is 3. The zero-order valence-corrected chi connectivity index (χ0v) is 15.8. The van der Waals surface area contributed by atoms with Crippen molar-refractivity contribution in [2.75, 3.05) is 13.3 Å². The molecule has 1 aromatic heterocycles. The van der Waals surface area contributed by atoms with Gasteiger partial charge in [-0.05, 0) is 30.5 Å². The Morgan fingerprint density at radius 2 is 2.07 bits per heavy atom. The van der Waals surface area contributed by atoms with Crippen LogP contribution < -0.4 is 5.73 Å². The monoisotopic (exact) mass is 413 g/mol. The number of hydrogen-bond donors (Lipinski definition) is 1. The largest absolute Gasteiger partial charge is 0.378 e. The number of aromatic nitrogens is 2. The molecule has 0 amide bonds. The highest BCUT2D eigenvalue weighted by Gasteiger charge is 2.68. The number of thioether (sulfide) groups is 1. The summed E-state index contributed by atoms with van der Waals surface area (Å²) in [6.45, 7) is 5.20. The Labute approximate surface area is 169 Å². The van der Waals surface area contributed by atoms with Crippen LogP contribution in [0.5, 0.6) is 0 Å². The Hall–Kier alpha value is -3.04. The van der Waals surface area contributed by atoms with Gasteiger partial charge in [-0.1, -0.05) is 24.3 Å². The predicted octanol–water partition coefficient (Wildman–Crippen LogP) is 3.52. The normalized spacial score (nSPS) is 27.1. The molecule has 3 atom stereocenters. The SMILES string of the molecule is [C-]#[N+]c1cnc(C#Cc2ccc(F)c([C@@]3(CF)N=C(N)S[C@@]4(CF)C[C@H]43)c2)cn1. The van der Waals surface area contributed by atoms with Crippen LogP contribution in [0.2, 0.25) is 0 Å². The van der Waals surface area contributed by atoms with Crippen molar-refractivity contribution >= 4 is 22.7 Å². The lowest BCUT2D eigenvalue weighted by molar-refractivity contribution is 0.257. The van der Waals surface area contributed by atoms with Crippen molar-refractivity contribution in [3.63, 3.8) is 0 Å². The number of fused-ring (bicyclic) bond motifs is 1. The summed E-state index contributed by atoms with van der Waals surface area (Å²) in [6, 6.07) is 4.08. The molecule has 1 aliphatic heterocycles. The number of amidine groups is 1. The molecule has 1 aliphatic carbocycles. The molecule has 2 aromatic rings. The minimum absolute atomic E-state index is 0.0183. The zero-order valence-electron chi connectivity index (χ0n) is 15.0. The van der Waals surface area contributed by atoms with Gasteiger partial charge in [0.05, 0.1) is 10.9 Å². The average molecular weight is 413 g/mol. The van der Waals surface area contributed by atoms with Gasteiger partial charge in [0.15, 0.2) is 17.1 Å². The third-order valence-electron chi connectivity index (χ3n) is 5.17. The molecule has 1 fully saturated rings. The molecule has 2 N–H and O–H groups in total. The standard InChI is InChI=1S/C20H14F3N5S/c1-25-17-9-26-13(8-27-17)4-2-12-3-5-15(23)14(6-12)20(11-22)16-7-19(16,10-21)29-18(24)28-20/h3,5-6,8-9,16H,7,10-11H2,(H2,24,28)/t16-,19-,20-/m1/s1. The first-order valence-electron chi connectivity index (χ1n) is 8.64. The summed E-state index contributed by atoms with van der Waals surface area (Å²) < 4.78 is 41.7. The summed E-state index contributed by atoms with van der Waals surface area (Å²) in [6.07, 6.45) is 3.03. The first-order chi connectivity index (χ1) is 14.0. The number of nitrogens with two attached hydrogens (primary N) is 1. The van der Waals surface area contributed by atoms with Crippen LogP contribution in [0.3, 0.4) is 0 Å². The minimum Gasteiger partial charge on any atom is -0.378 e. The highest BCUT2D eigenvalue weighted by atomic mass is 32.2. The van der Waals surface area contributed by atoms with Crippen molar-refractivity contribution in [1.82, 2.24) is 9.97 Å². The van der Waals surface area contributed by atoms with Gasteiger partial charge in [0.1, 0.15) is 24.7 Å². The molecular weight excluding hydrogens is 399 g/mol. The highest BCUT2D eigenvalue weighted by molar-refractivity contribution is 8.15. The van der Waals surface area contributed by atoms with Crippen LogP contribution in [0.25, 0.3) is 4.85 Å². The van der Waals surface area contributed by atoms with Gasteiger partial charge in [-0.2, -0.15) is 0 Å². The van der Waals surface area contributed by atoms with Gasteiger partial charge in [-0.25, -0.2) is 18.2 Å². The van der Waals surface area contributed by atoms with Gasteiger partial charge in [0.25, 0.3) is 5.82 Å². The van der Waals surface area contributed by atoms with E-state index in [0.29, 0.717) is 17.7 Å². The Morgan fingerprint density at radius 3 is 2.72 bits per heavy atom. The molecule has 146 valence electrons. The molecule has 1 aromatic carbocycles. The maximum Gasteiger partial charge on any atom is 0.288 e. The second kappa shape index (κ2) is 7.09. The van der Waals surface area contributed by atoms with E-state index in [1.807, 2.05) is 0 Å². The number of halogens is 3. The van der Waals surface area contributed by atoms with Crippen LogP contribution in [0, 0.1) is 30.1 Å². The fourth-order valence-corrected chi connectivity index (χ4v) is 4.91. The number of alkyl halides is 2. The van der Waals surface area contributed by atoms with Crippen molar-refractivity contribution in [3.05, 3.63) is 64.6 Å².